The van der Waals surface area contributed by atoms with Crippen LogP contribution < -0.4 is 4.90 Å². The van der Waals surface area contributed by atoms with Gasteiger partial charge in [-0.1, -0.05) is 15.9 Å². The van der Waals surface area contributed by atoms with Crippen molar-refractivity contribution in [2.24, 2.45) is 0 Å². The van der Waals surface area contributed by atoms with Crippen LogP contribution in [0.15, 0.2) is 12.1 Å². The van der Waals surface area contributed by atoms with Crippen LogP contribution in [-0.4, -0.2) is 17.3 Å². The molecule has 0 saturated carbocycles. The van der Waals surface area contributed by atoms with Gasteiger partial charge in [-0.05, 0) is 25.0 Å². The van der Waals surface area contributed by atoms with Crippen molar-refractivity contribution in [3.8, 4) is 0 Å². The van der Waals surface area contributed by atoms with Crippen LogP contribution in [0, 0.1) is 18.6 Å². The number of nitrogens with zero attached hydrogens (tertiary/aromatic N) is 1. The van der Waals surface area contributed by atoms with Gasteiger partial charge < -0.3 is 4.90 Å². The van der Waals surface area contributed by atoms with Crippen molar-refractivity contribution in [3.63, 3.8) is 0 Å². The fourth-order valence-electron chi connectivity index (χ4n) is 1.73. The zero-order valence-corrected chi connectivity index (χ0v) is 10.2. The predicted octanol–water partition coefficient (Wildman–Crippen LogP) is 2.77. The summed E-state index contributed by atoms with van der Waals surface area (Å²) in [5, 5.41) is 0. The maximum atomic E-state index is 13.6. The van der Waals surface area contributed by atoms with Gasteiger partial charge in [-0.3, -0.25) is 4.79 Å². The van der Waals surface area contributed by atoms with Gasteiger partial charge in [-0.2, -0.15) is 0 Å². The summed E-state index contributed by atoms with van der Waals surface area (Å²) in [4.78, 5) is 12.6. The second-order valence-electron chi connectivity index (χ2n) is 3.80. The molecule has 1 heterocycles. The molecule has 0 radical (unpaired) electrons. The zero-order valence-electron chi connectivity index (χ0n) is 8.64. The van der Waals surface area contributed by atoms with Gasteiger partial charge in [0, 0.05) is 12.6 Å². The number of benzene rings is 1. The monoisotopic (exact) mass is 289 g/mol. The Morgan fingerprint density at radius 2 is 2.06 bits per heavy atom. The maximum absolute atomic E-state index is 13.6. The fraction of sp³-hybridized carbons (Fsp3) is 0.364. The Balaban J connectivity index is 2.41. The molecule has 1 aromatic rings. The van der Waals surface area contributed by atoms with Crippen LogP contribution in [0.4, 0.5) is 14.5 Å². The van der Waals surface area contributed by atoms with Crippen LogP contribution in [-0.2, 0) is 4.79 Å². The number of alkyl halides is 1. The third-order valence-corrected chi connectivity index (χ3v) is 3.51. The average Bonchev–Trinajstić information content (AvgIpc) is 2.54. The highest BCUT2D eigenvalue weighted by Gasteiger charge is 2.32. The summed E-state index contributed by atoms with van der Waals surface area (Å²) in [5.41, 5.74) is 0.262. The Labute approximate surface area is 100 Å². The number of aryl methyl sites for hydroxylation is 1. The first kappa shape index (κ1) is 11.5. The number of rotatable bonds is 1. The van der Waals surface area contributed by atoms with Gasteiger partial charge in [0.05, 0.1) is 10.5 Å². The van der Waals surface area contributed by atoms with Gasteiger partial charge in [-0.25, -0.2) is 8.78 Å². The third-order valence-electron chi connectivity index (χ3n) is 2.66. The number of anilines is 1. The van der Waals surface area contributed by atoms with E-state index in [0.717, 1.165) is 12.1 Å². The Morgan fingerprint density at radius 1 is 1.38 bits per heavy atom. The second-order valence-corrected chi connectivity index (χ2v) is 4.90. The fourth-order valence-corrected chi connectivity index (χ4v) is 2.18. The number of amides is 1. The lowest BCUT2D eigenvalue weighted by Gasteiger charge is -2.17. The van der Waals surface area contributed by atoms with E-state index in [2.05, 4.69) is 15.9 Å². The Morgan fingerprint density at radius 3 is 2.62 bits per heavy atom. The molecule has 2 rings (SSSR count). The SMILES string of the molecule is Cc1cc(F)c(N2CCC(Br)C2=O)cc1F. The minimum atomic E-state index is -0.561. The molecule has 1 amide bonds. The minimum absolute atomic E-state index is 0.0232. The molecular formula is C11H10BrF2NO. The van der Waals surface area contributed by atoms with E-state index >= 15 is 0 Å². The van der Waals surface area contributed by atoms with E-state index in [-0.39, 0.29) is 22.0 Å². The largest absolute Gasteiger partial charge is 0.309 e. The molecule has 16 heavy (non-hydrogen) atoms. The Bertz CT molecular complexity index is 450. The Hall–Kier alpha value is -0.970. The lowest BCUT2D eigenvalue weighted by Crippen LogP contribution is -2.28. The normalized spacial score (nSPS) is 20.6. The summed E-state index contributed by atoms with van der Waals surface area (Å²) in [7, 11) is 0. The van der Waals surface area contributed by atoms with Crippen LogP contribution in [0.1, 0.15) is 12.0 Å². The summed E-state index contributed by atoms with van der Waals surface area (Å²) in [6.07, 6.45) is 0.605. The molecule has 0 aromatic heterocycles. The first-order valence-electron chi connectivity index (χ1n) is 4.92. The van der Waals surface area contributed by atoms with E-state index in [1.165, 1.54) is 11.8 Å². The van der Waals surface area contributed by atoms with Crippen LogP contribution in [0.5, 0.6) is 0 Å². The lowest BCUT2D eigenvalue weighted by molar-refractivity contribution is -0.116. The molecule has 86 valence electrons. The standard InChI is InChI=1S/C11H10BrF2NO/c1-6-4-9(14)10(5-8(6)13)15-3-2-7(12)11(15)16/h4-5,7H,2-3H2,1H3. The molecule has 1 atom stereocenters. The number of carbonyl (C=O) groups excluding carboxylic acids is 1. The molecule has 1 fully saturated rings. The van der Waals surface area contributed by atoms with Gasteiger partial charge in [0.25, 0.3) is 0 Å². The first-order chi connectivity index (χ1) is 7.50. The van der Waals surface area contributed by atoms with Crippen molar-refractivity contribution in [1.29, 1.82) is 0 Å². The summed E-state index contributed by atoms with van der Waals surface area (Å²) >= 11 is 3.19. The molecule has 1 aliphatic rings. The number of carbonyl (C=O) groups is 1. The number of hydrogen-bond acceptors (Lipinski definition) is 1. The molecule has 0 N–H and O–H groups in total. The average molecular weight is 290 g/mol. The maximum Gasteiger partial charge on any atom is 0.240 e. The van der Waals surface area contributed by atoms with Crippen molar-refractivity contribution in [1.82, 2.24) is 0 Å². The highest BCUT2D eigenvalue weighted by Crippen LogP contribution is 2.29. The number of hydrogen-bond donors (Lipinski definition) is 0. The highest BCUT2D eigenvalue weighted by molar-refractivity contribution is 9.10. The van der Waals surface area contributed by atoms with Crippen LogP contribution in [0.2, 0.25) is 0 Å². The molecule has 1 saturated heterocycles. The molecule has 0 aliphatic carbocycles. The van der Waals surface area contributed by atoms with E-state index in [1.54, 1.807) is 0 Å². The van der Waals surface area contributed by atoms with E-state index < -0.39 is 11.6 Å². The van der Waals surface area contributed by atoms with E-state index in [4.69, 9.17) is 0 Å². The predicted molar refractivity (Wildman–Crippen MR) is 60.8 cm³/mol. The molecule has 5 heteroatoms. The summed E-state index contributed by atoms with van der Waals surface area (Å²) < 4.78 is 26.9. The van der Waals surface area contributed by atoms with Crippen molar-refractivity contribution in [2.45, 2.75) is 18.2 Å². The van der Waals surface area contributed by atoms with Gasteiger partial charge in [0.1, 0.15) is 11.6 Å². The van der Waals surface area contributed by atoms with Crippen molar-refractivity contribution in [3.05, 3.63) is 29.3 Å². The smallest absolute Gasteiger partial charge is 0.240 e. The van der Waals surface area contributed by atoms with E-state index in [1.807, 2.05) is 0 Å². The van der Waals surface area contributed by atoms with Crippen LogP contribution in [0.25, 0.3) is 0 Å². The molecular weight excluding hydrogens is 280 g/mol. The minimum Gasteiger partial charge on any atom is -0.309 e. The molecule has 0 spiro atoms. The Kier molecular flexibility index (Phi) is 2.97. The van der Waals surface area contributed by atoms with Crippen molar-refractivity contribution in [2.75, 3.05) is 11.4 Å². The summed E-state index contributed by atoms with van der Waals surface area (Å²) in [5.74, 6) is -1.28. The number of halogens is 3. The quantitative estimate of drug-likeness (QED) is 0.728. The van der Waals surface area contributed by atoms with E-state index in [0.29, 0.717) is 13.0 Å². The zero-order chi connectivity index (χ0) is 11.9. The van der Waals surface area contributed by atoms with Gasteiger partial charge >= 0.3 is 0 Å². The molecule has 1 aromatic carbocycles. The van der Waals surface area contributed by atoms with Crippen molar-refractivity contribution < 1.29 is 13.6 Å². The van der Waals surface area contributed by atoms with E-state index in [9.17, 15) is 13.6 Å². The molecule has 0 bridgehead atoms. The van der Waals surface area contributed by atoms with Crippen LogP contribution >= 0.6 is 15.9 Å². The summed E-state index contributed by atoms with van der Waals surface area (Å²) in [6, 6.07) is 2.19. The molecule has 2 nitrogen and oxygen atoms in total. The first-order valence-corrected chi connectivity index (χ1v) is 5.83. The molecule has 1 unspecified atom stereocenters. The van der Waals surface area contributed by atoms with Gasteiger partial charge in [0.2, 0.25) is 5.91 Å². The highest BCUT2D eigenvalue weighted by atomic mass is 79.9. The van der Waals surface area contributed by atoms with Crippen LogP contribution in [0.3, 0.4) is 0 Å². The van der Waals surface area contributed by atoms with Crippen molar-refractivity contribution >= 4 is 27.5 Å². The lowest BCUT2D eigenvalue weighted by atomic mass is 10.2. The second kappa shape index (κ2) is 4.13. The topological polar surface area (TPSA) is 20.3 Å². The van der Waals surface area contributed by atoms with Gasteiger partial charge in [-0.15, -0.1) is 0 Å². The molecule has 1 aliphatic heterocycles. The third kappa shape index (κ3) is 1.84. The van der Waals surface area contributed by atoms with Gasteiger partial charge in [0.15, 0.2) is 0 Å². The summed E-state index contributed by atoms with van der Waals surface area (Å²) in [6.45, 7) is 1.90.